The quantitative estimate of drug-likeness (QED) is 0.397. The normalized spacial score (nSPS) is 11.0. The van der Waals surface area contributed by atoms with Gasteiger partial charge in [-0.2, -0.15) is 0 Å². The van der Waals surface area contributed by atoms with Crippen molar-refractivity contribution in [2.75, 3.05) is 7.11 Å². The van der Waals surface area contributed by atoms with E-state index in [4.69, 9.17) is 4.74 Å². The molecular weight excluding hydrogens is 351 g/mol. The monoisotopic (exact) mass is 376 g/mol. The van der Waals surface area contributed by atoms with Gasteiger partial charge in [-0.3, -0.25) is 0 Å². The number of ether oxygens (including phenoxy) is 1. The van der Waals surface area contributed by atoms with Gasteiger partial charge < -0.3 is 4.74 Å². The summed E-state index contributed by atoms with van der Waals surface area (Å²) < 4.78 is 5.05. The Morgan fingerprint density at radius 2 is 1.04 bits per heavy atom. The number of hydrogen-bond donors (Lipinski definition) is 0. The molecule has 0 atom stereocenters. The summed E-state index contributed by atoms with van der Waals surface area (Å²) in [6.45, 7) is -1.83. The van der Waals surface area contributed by atoms with E-state index < -0.39 is 6.89 Å². The van der Waals surface area contributed by atoms with Crippen molar-refractivity contribution in [1.82, 2.24) is 0 Å². The Hall–Kier alpha value is -2.57. The molecule has 0 N–H and O–H groups in total. The highest BCUT2D eigenvalue weighted by Gasteiger charge is 2.22. The zero-order chi connectivity index (χ0) is 19.0. The van der Waals surface area contributed by atoms with Crippen LogP contribution in [0.5, 0.6) is 0 Å². The van der Waals surface area contributed by atoms with Crippen LogP contribution in [0.1, 0.15) is 16.7 Å². The Morgan fingerprint density at radius 3 is 1.33 bits per heavy atom. The fourth-order valence-electron chi connectivity index (χ4n) is 3.42. The molecule has 0 spiro atoms. The lowest BCUT2D eigenvalue weighted by Gasteiger charge is -2.27. The van der Waals surface area contributed by atoms with Gasteiger partial charge in [0, 0.05) is 5.80 Å². The molecule has 138 valence electrons. The lowest BCUT2D eigenvalue weighted by atomic mass is 10.2. The third-order valence-electron chi connectivity index (χ3n) is 4.60. The summed E-state index contributed by atoms with van der Waals surface area (Å²) in [5, 5.41) is 0. The van der Waals surface area contributed by atoms with E-state index in [0.29, 0.717) is 0 Å². The number of esters is 1. The first-order chi connectivity index (χ1) is 13.2. The van der Waals surface area contributed by atoms with Crippen LogP contribution < -0.4 is 0 Å². The molecule has 0 aliphatic rings. The van der Waals surface area contributed by atoms with Gasteiger partial charge in [0.25, 0.3) is 0 Å². The molecule has 3 aromatic carbocycles. The molecule has 3 aromatic rings. The van der Waals surface area contributed by atoms with Crippen molar-refractivity contribution in [3.8, 4) is 0 Å². The van der Waals surface area contributed by atoms with Crippen molar-refractivity contribution in [1.29, 1.82) is 0 Å². The molecule has 0 saturated carbocycles. The lowest BCUT2D eigenvalue weighted by molar-refractivity contribution is -0.132. The van der Waals surface area contributed by atoms with Crippen LogP contribution in [0.15, 0.2) is 91.0 Å². The van der Waals surface area contributed by atoms with E-state index in [0.717, 1.165) is 18.5 Å². The molecule has 0 saturated heterocycles. The van der Waals surface area contributed by atoms with Crippen LogP contribution >= 0.6 is 6.89 Å². The van der Waals surface area contributed by atoms with Crippen LogP contribution in [0.4, 0.5) is 0 Å². The van der Waals surface area contributed by atoms with Crippen molar-refractivity contribution in [2.45, 2.75) is 18.5 Å². The van der Waals surface area contributed by atoms with Crippen molar-refractivity contribution in [2.24, 2.45) is 0 Å². The Labute approximate surface area is 161 Å². The Morgan fingerprint density at radius 1 is 0.704 bits per heavy atom. The van der Waals surface area contributed by atoms with Crippen molar-refractivity contribution in [3.63, 3.8) is 0 Å². The van der Waals surface area contributed by atoms with Crippen molar-refractivity contribution >= 4 is 18.7 Å². The second-order valence-electron chi connectivity index (χ2n) is 6.80. The van der Waals surface area contributed by atoms with E-state index in [2.05, 4.69) is 72.8 Å². The van der Waals surface area contributed by atoms with Crippen LogP contribution in [0.2, 0.25) is 0 Å². The maximum Gasteiger partial charge on any atom is 0.330 e. The Kier molecular flexibility index (Phi) is 6.68. The van der Waals surface area contributed by atoms with Crippen LogP contribution in [-0.2, 0) is 28.0 Å². The van der Waals surface area contributed by atoms with Crippen LogP contribution in [0, 0.1) is 0 Å². The molecule has 0 amide bonds. The van der Waals surface area contributed by atoms with Crippen molar-refractivity contribution < 1.29 is 9.53 Å². The molecule has 0 unspecified atom stereocenters. The van der Waals surface area contributed by atoms with Gasteiger partial charge in [-0.05, 0) is 35.2 Å². The molecule has 0 aromatic heterocycles. The molecule has 0 fully saturated rings. The number of benzene rings is 3. The molecule has 3 rings (SSSR count). The largest absolute Gasteiger partial charge is 0.466 e. The van der Waals surface area contributed by atoms with Gasteiger partial charge in [0.2, 0.25) is 0 Å². The fourth-order valence-corrected chi connectivity index (χ4v) is 7.40. The van der Waals surface area contributed by atoms with Crippen LogP contribution in [0.25, 0.3) is 0 Å². The maximum absolute atomic E-state index is 12.3. The zero-order valence-electron chi connectivity index (χ0n) is 15.6. The van der Waals surface area contributed by atoms with Crippen LogP contribution in [-0.4, -0.2) is 18.9 Å². The Bertz CT molecular complexity index is 795. The van der Waals surface area contributed by atoms with Gasteiger partial charge >= 0.3 is 5.97 Å². The van der Waals surface area contributed by atoms with Gasteiger partial charge in [-0.1, -0.05) is 97.9 Å². The number of rotatable bonds is 7. The highest BCUT2D eigenvalue weighted by atomic mass is 31.2. The summed E-state index contributed by atoms with van der Waals surface area (Å²) in [5.41, 5.74) is 3.79. The average Bonchev–Trinajstić information content (AvgIpc) is 2.70. The minimum Gasteiger partial charge on any atom is -0.466 e. The minimum absolute atomic E-state index is 0.230. The average molecular weight is 376 g/mol. The number of carbonyl (C=O) groups excluding carboxylic acids is 1. The van der Waals surface area contributed by atoms with Gasteiger partial charge in [-0.15, -0.1) is 0 Å². The van der Waals surface area contributed by atoms with Gasteiger partial charge in [0.1, 0.15) is 0 Å². The number of methoxy groups -OCH3 is 1. The minimum atomic E-state index is -1.83. The van der Waals surface area contributed by atoms with Gasteiger partial charge in [0.15, 0.2) is 0 Å². The van der Waals surface area contributed by atoms with Crippen molar-refractivity contribution in [3.05, 3.63) is 108 Å². The summed E-state index contributed by atoms with van der Waals surface area (Å²) in [6, 6.07) is 31.4. The first-order valence-corrected chi connectivity index (χ1v) is 11.5. The summed E-state index contributed by atoms with van der Waals surface area (Å²) >= 11 is 0. The molecule has 0 aliphatic carbocycles. The van der Waals surface area contributed by atoms with Gasteiger partial charge in [-0.25, -0.2) is 4.79 Å². The number of hydrogen-bond acceptors (Lipinski definition) is 2. The molecule has 0 radical (unpaired) electrons. The summed E-state index contributed by atoms with van der Waals surface area (Å²) in [7, 11) is 1.46. The molecule has 2 nitrogen and oxygen atoms in total. The third kappa shape index (κ3) is 5.70. The fraction of sp³-hybridized carbons (Fsp3) is 0.167. The van der Waals surface area contributed by atoms with E-state index in [1.54, 1.807) is 0 Å². The predicted octanol–water partition coefficient (Wildman–Crippen LogP) is 5.58. The van der Waals surface area contributed by atoms with E-state index in [1.165, 1.54) is 23.8 Å². The SMILES string of the molecule is COC(=O)C=P(Cc1ccccc1)(Cc1ccccc1)Cc1ccccc1. The second-order valence-corrected chi connectivity index (χ2v) is 10.4. The lowest BCUT2D eigenvalue weighted by Crippen LogP contribution is -2.08. The maximum atomic E-state index is 12.3. The first kappa shape index (κ1) is 19.2. The zero-order valence-corrected chi connectivity index (χ0v) is 16.5. The molecule has 0 bridgehead atoms. The first-order valence-electron chi connectivity index (χ1n) is 9.10. The Balaban J connectivity index is 2.07. The van der Waals surface area contributed by atoms with E-state index in [1.807, 2.05) is 24.0 Å². The number of carbonyl (C=O) groups is 1. The molecule has 0 heterocycles. The third-order valence-corrected chi connectivity index (χ3v) is 8.34. The van der Waals surface area contributed by atoms with E-state index in [9.17, 15) is 4.79 Å². The molecule has 27 heavy (non-hydrogen) atoms. The van der Waals surface area contributed by atoms with Gasteiger partial charge in [0.05, 0.1) is 7.11 Å². The standard InChI is InChI=1S/C24H25O2P/c1-26-24(25)20-27(17-21-11-5-2-6-12-21,18-22-13-7-3-8-14-22)19-23-15-9-4-10-16-23/h2-16,20H,17-19H2,1H3. The van der Waals surface area contributed by atoms with Crippen LogP contribution in [0.3, 0.4) is 0 Å². The highest BCUT2D eigenvalue weighted by molar-refractivity contribution is 7.74. The molecule has 0 aliphatic heterocycles. The topological polar surface area (TPSA) is 26.3 Å². The second kappa shape index (κ2) is 9.39. The summed E-state index contributed by atoms with van der Waals surface area (Å²) in [4.78, 5) is 12.3. The predicted molar refractivity (Wildman–Crippen MR) is 115 cm³/mol. The summed E-state index contributed by atoms with van der Waals surface area (Å²) in [5.74, 6) is 1.66. The molecular formula is C24H25O2P. The van der Waals surface area contributed by atoms with E-state index >= 15 is 0 Å². The highest BCUT2D eigenvalue weighted by Crippen LogP contribution is 2.56. The summed E-state index contributed by atoms with van der Waals surface area (Å²) in [6.07, 6.45) is 2.65. The molecule has 3 heteroatoms. The smallest absolute Gasteiger partial charge is 0.330 e. The van der Waals surface area contributed by atoms with E-state index in [-0.39, 0.29) is 5.97 Å².